The molecule has 3 aromatic carbocycles. The first-order chi connectivity index (χ1) is 13.8. The highest BCUT2D eigenvalue weighted by molar-refractivity contribution is 5.81. The molecule has 0 amide bonds. The Hall–Kier alpha value is -3.92. The molecular formula is C24H17N3O. The Labute approximate surface area is 162 Å². The highest BCUT2D eigenvalue weighted by Crippen LogP contribution is 2.33. The largest absolute Gasteiger partial charge is 0.507 e. The van der Waals surface area contributed by atoms with Gasteiger partial charge in [-0.05, 0) is 47.5 Å². The van der Waals surface area contributed by atoms with Crippen molar-refractivity contribution in [2.75, 3.05) is 0 Å². The second kappa shape index (κ2) is 6.67. The van der Waals surface area contributed by atoms with Gasteiger partial charge >= 0.3 is 0 Å². The Kier molecular flexibility index (Phi) is 3.87. The maximum atomic E-state index is 10.4. The van der Waals surface area contributed by atoms with Gasteiger partial charge in [0.25, 0.3) is 0 Å². The first kappa shape index (κ1) is 16.3. The van der Waals surface area contributed by atoms with Crippen LogP contribution in [-0.2, 0) is 0 Å². The van der Waals surface area contributed by atoms with Gasteiger partial charge in [-0.1, -0.05) is 54.6 Å². The Bertz CT molecular complexity index is 1260. The molecule has 2 aromatic heterocycles. The van der Waals surface area contributed by atoms with Gasteiger partial charge in [0.1, 0.15) is 11.3 Å². The number of nitrogens with zero attached hydrogens (tertiary/aromatic N) is 3. The minimum atomic E-state index is 0.194. The van der Waals surface area contributed by atoms with Gasteiger partial charge in [-0.2, -0.15) is 0 Å². The summed E-state index contributed by atoms with van der Waals surface area (Å²) < 4.78 is 1.99. The maximum Gasteiger partial charge on any atom is 0.164 e. The first-order valence-corrected chi connectivity index (χ1v) is 9.09. The van der Waals surface area contributed by atoms with Crippen molar-refractivity contribution < 1.29 is 5.11 Å². The number of para-hydroxylation sites is 1. The van der Waals surface area contributed by atoms with Gasteiger partial charge in [0, 0.05) is 11.9 Å². The van der Waals surface area contributed by atoms with Crippen LogP contribution in [-0.4, -0.2) is 19.6 Å². The van der Waals surface area contributed by atoms with Gasteiger partial charge in [-0.25, -0.2) is 9.97 Å². The number of benzene rings is 3. The summed E-state index contributed by atoms with van der Waals surface area (Å²) in [6.45, 7) is 0. The molecule has 0 atom stereocenters. The van der Waals surface area contributed by atoms with Gasteiger partial charge in [0.05, 0.1) is 5.56 Å². The average Bonchev–Trinajstić information content (AvgIpc) is 3.14. The lowest BCUT2D eigenvalue weighted by atomic mass is 10.1. The number of phenolic OH excluding ortho intramolecular Hbond substituents is 1. The van der Waals surface area contributed by atoms with E-state index in [1.807, 2.05) is 47.0 Å². The van der Waals surface area contributed by atoms with Crippen LogP contribution in [0.25, 0.3) is 39.4 Å². The molecule has 28 heavy (non-hydrogen) atoms. The zero-order chi connectivity index (χ0) is 18.9. The predicted molar refractivity (Wildman–Crippen MR) is 111 cm³/mol. The van der Waals surface area contributed by atoms with E-state index in [0.29, 0.717) is 11.4 Å². The van der Waals surface area contributed by atoms with E-state index in [-0.39, 0.29) is 5.75 Å². The van der Waals surface area contributed by atoms with Crippen LogP contribution >= 0.6 is 0 Å². The first-order valence-electron chi connectivity index (χ1n) is 9.09. The summed E-state index contributed by atoms with van der Waals surface area (Å²) in [7, 11) is 0. The second-order valence-corrected chi connectivity index (χ2v) is 6.55. The molecule has 0 radical (unpaired) electrons. The Balaban J connectivity index is 1.70. The van der Waals surface area contributed by atoms with Crippen LogP contribution in [0.1, 0.15) is 0 Å². The SMILES string of the molecule is Oc1ccccc1-c1nc2cccnc2n1-c1ccc(-c2ccccc2)cc1. The maximum absolute atomic E-state index is 10.4. The molecule has 4 nitrogen and oxygen atoms in total. The van der Waals surface area contributed by atoms with Crippen LogP contribution in [0.3, 0.4) is 0 Å². The normalized spacial score (nSPS) is 11.0. The third kappa shape index (κ3) is 2.72. The van der Waals surface area contributed by atoms with Crippen molar-refractivity contribution in [1.82, 2.24) is 14.5 Å². The fourth-order valence-corrected chi connectivity index (χ4v) is 3.43. The molecule has 4 heteroatoms. The summed E-state index contributed by atoms with van der Waals surface area (Å²) in [6, 6.07) is 29.6. The van der Waals surface area contributed by atoms with Gasteiger partial charge in [-0.15, -0.1) is 0 Å². The summed E-state index contributed by atoms with van der Waals surface area (Å²) in [5.41, 5.74) is 5.47. The highest BCUT2D eigenvalue weighted by atomic mass is 16.3. The molecule has 0 aliphatic rings. The molecule has 0 spiro atoms. The zero-order valence-electron chi connectivity index (χ0n) is 15.0. The van der Waals surface area contributed by atoms with Crippen LogP contribution in [0.15, 0.2) is 97.2 Å². The van der Waals surface area contributed by atoms with E-state index in [0.717, 1.165) is 22.4 Å². The third-order valence-corrected chi connectivity index (χ3v) is 4.79. The summed E-state index contributed by atoms with van der Waals surface area (Å²) >= 11 is 0. The Morgan fingerprint density at radius 3 is 2.18 bits per heavy atom. The number of hydrogen-bond donors (Lipinski definition) is 1. The second-order valence-electron chi connectivity index (χ2n) is 6.55. The number of pyridine rings is 1. The summed E-state index contributed by atoms with van der Waals surface area (Å²) in [5, 5.41) is 10.4. The number of rotatable bonds is 3. The fourth-order valence-electron chi connectivity index (χ4n) is 3.43. The molecule has 134 valence electrons. The lowest BCUT2D eigenvalue weighted by molar-refractivity contribution is 0.477. The molecule has 2 heterocycles. The predicted octanol–water partition coefficient (Wildman–Crippen LogP) is 5.46. The molecule has 5 rings (SSSR count). The molecule has 0 aliphatic carbocycles. The van der Waals surface area contributed by atoms with E-state index in [9.17, 15) is 5.11 Å². The highest BCUT2D eigenvalue weighted by Gasteiger charge is 2.17. The average molecular weight is 363 g/mol. The van der Waals surface area contributed by atoms with E-state index in [2.05, 4.69) is 41.4 Å². The van der Waals surface area contributed by atoms with Crippen molar-refractivity contribution in [3.63, 3.8) is 0 Å². The van der Waals surface area contributed by atoms with Crippen molar-refractivity contribution in [2.24, 2.45) is 0 Å². The number of phenols is 1. The van der Waals surface area contributed by atoms with Crippen molar-refractivity contribution in [3.8, 4) is 34.0 Å². The van der Waals surface area contributed by atoms with Crippen molar-refractivity contribution >= 4 is 11.2 Å². The minimum Gasteiger partial charge on any atom is -0.507 e. The van der Waals surface area contributed by atoms with E-state index < -0.39 is 0 Å². The Morgan fingerprint density at radius 2 is 1.39 bits per heavy atom. The molecule has 0 fully saturated rings. The van der Waals surface area contributed by atoms with Gasteiger partial charge in [-0.3, -0.25) is 4.57 Å². The zero-order valence-corrected chi connectivity index (χ0v) is 15.0. The molecule has 0 saturated carbocycles. The number of fused-ring (bicyclic) bond motifs is 1. The minimum absolute atomic E-state index is 0.194. The monoisotopic (exact) mass is 363 g/mol. The van der Waals surface area contributed by atoms with E-state index >= 15 is 0 Å². The third-order valence-electron chi connectivity index (χ3n) is 4.79. The number of imidazole rings is 1. The molecule has 0 unspecified atom stereocenters. The van der Waals surface area contributed by atoms with Crippen LogP contribution in [0, 0.1) is 0 Å². The lowest BCUT2D eigenvalue weighted by Crippen LogP contribution is -1.99. The van der Waals surface area contributed by atoms with Crippen LogP contribution in [0.2, 0.25) is 0 Å². The quantitative estimate of drug-likeness (QED) is 0.463. The van der Waals surface area contributed by atoms with Crippen molar-refractivity contribution in [3.05, 3.63) is 97.2 Å². The lowest BCUT2D eigenvalue weighted by Gasteiger charge is -2.11. The van der Waals surface area contributed by atoms with Crippen molar-refractivity contribution in [1.29, 1.82) is 0 Å². The molecule has 1 N–H and O–H groups in total. The van der Waals surface area contributed by atoms with Gasteiger partial charge in [0.15, 0.2) is 11.5 Å². The fraction of sp³-hybridized carbons (Fsp3) is 0. The summed E-state index contributed by atoms with van der Waals surface area (Å²) in [4.78, 5) is 9.27. The standard InChI is InChI=1S/C24H17N3O/c28-22-11-5-4-9-20(22)23-26-21-10-6-16-25-24(21)27(23)19-14-12-18(13-15-19)17-7-2-1-3-8-17/h1-16,28H. The van der Waals surface area contributed by atoms with Crippen LogP contribution < -0.4 is 0 Å². The van der Waals surface area contributed by atoms with Gasteiger partial charge in [0.2, 0.25) is 0 Å². The smallest absolute Gasteiger partial charge is 0.164 e. The number of hydrogen-bond acceptors (Lipinski definition) is 3. The number of aromatic hydroxyl groups is 1. The van der Waals surface area contributed by atoms with E-state index in [4.69, 9.17) is 4.98 Å². The van der Waals surface area contributed by atoms with Crippen LogP contribution in [0.5, 0.6) is 5.75 Å². The van der Waals surface area contributed by atoms with Gasteiger partial charge < -0.3 is 5.11 Å². The summed E-state index contributed by atoms with van der Waals surface area (Å²) in [5.74, 6) is 0.860. The summed E-state index contributed by atoms with van der Waals surface area (Å²) in [6.07, 6.45) is 1.76. The van der Waals surface area contributed by atoms with E-state index in [1.165, 1.54) is 5.56 Å². The molecule has 0 saturated heterocycles. The molecular weight excluding hydrogens is 346 g/mol. The van der Waals surface area contributed by atoms with E-state index in [1.54, 1.807) is 18.3 Å². The topological polar surface area (TPSA) is 50.9 Å². The molecule has 0 aliphatic heterocycles. The molecule has 5 aromatic rings. The van der Waals surface area contributed by atoms with Crippen molar-refractivity contribution in [2.45, 2.75) is 0 Å². The molecule has 0 bridgehead atoms. The Morgan fingerprint density at radius 1 is 0.679 bits per heavy atom. The number of aromatic nitrogens is 3. The van der Waals surface area contributed by atoms with Crippen LogP contribution in [0.4, 0.5) is 0 Å².